The van der Waals surface area contributed by atoms with Crippen LogP contribution in [0.4, 0.5) is 0 Å². The van der Waals surface area contributed by atoms with E-state index in [1.165, 1.54) is 0 Å². The summed E-state index contributed by atoms with van der Waals surface area (Å²) in [5.74, 6) is -1.06. The molecule has 0 aliphatic carbocycles. The van der Waals surface area contributed by atoms with Crippen LogP contribution >= 0.6 is 34.8 Å². The topological polar surface area (TPSA) is 61.8 Å². The van der Waals surface area contributed by atoms with Gasteiger partial charge in [-0.2, -0.15) is 0 Å². The lowest BCUT2D eigenvalue weighted by Crippen LogP contribution is -2.32. The van der Waals surface area contributed by atoms with Crippen molar-refractivity contribution in [2.24, 2.45) is 0 Å². The summed E-state index contributed by atoms with van der Waals surface area (Å²) in [4.78, 5) is 24.4. The Morgan fingerprint density at radius 2 is 1.44 bits per heavy atom. The van der Waals surface area contributed by atoms with Gasteiger partial charge in [0.2, 0.25) is 0 Å². The van der Waals surface area contributed by atoms with Gasteiger partial charge in [0.05, 0.1) is 11.1 Å². The highest BCUT2D eigenvalue weighted by atomic mass is 35.5. The molecule has 0 spiro atoms. The Kier molecular flexibility index (Phi) is 6.60. The molecule has 0 aromatic heterocycles. The third-order valence-corrected chi connectivity index (χ3v) is 4.74. The third-order valence-electron chi connectivity index (χ3n) is 3.95. The highest BCUT2D eigenvalue weighted by Gasteiger charge is 2.38. The molecule has 2 aromatic rings. The number of hydrogen-bond donors (Lipinski definition) is 0. The SMILES string of the molecule is O=C(OC[C@H]1OC(Cl)C[C@@H]1OC(=O)c1ccc(Cl)cc1)c1ccc(Cl)cc1. The molecule has 27 heavy (non-hydrogen) atoms. The number of halogens is 3. The summed E-state index contributed by atoms with van der Waals surface area (Å²) in [6, 6.07) is 12.6. The van der Waals surface area contributed by atoms with Crippen LogP contribution in [0.1, 0.15) is 27.1 Å². The molecular formula is C19H15Cl3O5. The van der Waals surface area contributed by atoms with E-state index in [0.29, 0.717) is 27.6 Å². The fourth-order valence-electron chi connectivity index (χ4n) is 2.56. The summed E-state index contributed by atoms with van der Waals surface area (Å²) in [6.07, 6.45) is -0.988. The third kappa shape index (κ3) is 5.36. The Bertz CT molecular complexity index is 807. The first-order chi connectivity index (χ1) is 12.9. The average molecular weight is 430 g/mol. The Hall–Kier alpha value is -1.79. The molecule has 0 radical (unpaired) electrons. The van der Waals surface area contributed by atoms with Gasteiger partial charge in [0.25, 0.3) is 0 Å². The number of carbonyl (C=O) groups is 2. The maximum absolute atomic E-state index is 12.3. The largest absolute Gasteiger partial charge is 0.459 e. The lowest BCUT2D eigenvalue weighted by Gasteiger charge is -2.19. The van der Waals surface area contributed by atoms with Gasteiger partial charge in [0.15, 0.2) is 0 Å². The first-order valence-electron chi connectivity index (χ1n) is 8.11. The van der Waals surface area contributed by atoms with E-state index in [1.54, 1.807) is 48.5 Å². The van der Waals surface area contributed by atoms with Crippen LogP contribution in [0.5, 0.6) is 0 Å². The summed E-state index contributed by atoms with van der Waals surface area (Å²) in [5.41, 5.74) is 0.0797. The van der Waals surface area contributed by atoms with Crippen molar-refractivity contribution in [1.82, 2.24) is 0 Å². The van der Waals surface area contributed by atoms with Crippen molar-refractivity contribution >= 4 is 46.7 Å². The van der Waals surface area contributed by atoms with E-state index < -0.39 is 29.7 Å². The molecule has 1 fully saturated rings. The monoisotopic (exact) mass is 428 g/mol. The number of carbonyl (C=O) groups excluding carboxylic acids is 2. The van der Waals surface area contributed by atoms with Crippen molar-refractivity contribution in [1.29, 1.82) is 0 Å². The van der Waals surface area contributed by atoms with E-state index in [1.807, 2.05) is 0 Å². The van der Waals surface area contributed by atoms with Crippen LogP contribution in [0, 0.1) is 0 Å². The smallest absolute Gasteiger partial charge is 0.338 e. The summed E-state index contributed by atoms with van der Waals surface area (Å²) in [7, 11) is 0. The molecule has 1 heterocycles. The van der Waals surface area contributed by atoms with Crippen molar-refractivity contribution in [3.8, 4) is 0 Å². The lowest BCUT2D eigenvalue weighted by molar-refractivity contribution is -0.0322. The first-order valence-corrected chi connectivity index (χ1v) is 9.30. The van der Waals surface area contributed by atoms with E-state index in [4.69, 9.17) is 49.0 Å². The molecule has 1 unspecified atom stereocenters. The van der Waals surface area contributed by atoms with Gasteiger partial charge >= 0.3 is 11.9 Å². The normalized spacial score (nSPS) is 21.7. The number of hydrogen-bond acceptors (Lipinski definition) is 5. The van der Waals surface area contributed by atoms with Gasteiger partial charge in [-0.15, -0.1) is 0 Å². The van der Waals surface area contributed by atoms with E-state index in [0.717, 1.165) is 0 Å². The van der Waals surface area contributed by atoms with Gasteiger partial charge < -0.3 is 14.2 Å². The van der Waals surface area contributed by atoms with Crippen LogP contribution in [0.3, 0.4) is 0 Å². The Balaban J connectivity index is 1.58. The minimum absolute atomic E-state index is 0.0940. The predicted molar refractivity (Wildman–Crippen MR) is 102 cm³/mol. The standard InChI is InChI=1S/C19H15Cl3O5/c20-13-5-1-11(2-6-13)18(23)25-10-16-15(9-17(22)26-16)27-19(24)12-3-7-14(21)8-4-12/h1-8,15-17H,9-10H2/t15-,16+,17?/m0/s1. The number of rotatable bonds is 5. The number of esters is 2. The molecule has 142 valence electrons. The quantitative estimate of drug-likeness (QED) is 0.508. The van der Waals surface area contributed by atoms with E-state index in [9.17, 15) is 9.59 Å². The molecule has 1 aliphatic heterocycles. The van der Waals surface area contributed by atoms with Crippen molar-refractivity contribution < 1.29 is 23.8 Å². The number of alkyl halides is 1. The molecule has 3 rings (SSSR count). The van der Waals surface area contributed by atoms with Gasteiger partial charge in [0.1, 0.15) is 24.4 Å². The van der Waals surface area contributed by atoms with Crippen LogP contribution in [-0.4, -0.2) is 36.3 Å². The predicted octanol–water partition coefficient (Wildman–Crippen LogP) is 4.73. The van der Waals surface area contributed by atoms with Crippen molar-refractivity contribution in [3.05, 3.63) is 69.7 Å². The van der Waals surface area contributed by atoms with Crippen LogP contribution in [0.25, 0.3) is 0 Å². The second kappa shape index (κ2) is 8.93. The molecule has 1 aliphatic rings. The fraction of sp³-hybridized carbons (Fsp3) is 0.263. The molecule has 5 nitrogen and oxygen atoms in total. The summed E-state index contributed by atoms with van der Waals surface area (Å²) in [5, 5.41) is 1.04. The van der Waals surface area contributed by atoms with Crippen LogP contribution in [-0.2, 0) is 14.2 Å². The molecule has 0 bridgehead atoms. The molecule has 0 N–H and O–H groups in total. The number of ether oxygens (including phenoxy) is 3. The van der Waals surface area contributed by atoms with E-state index in [-0.39, 0.29) is 6.61 Å². The van der Waals surface area contributed by atoms with Gasteiger partial charge in [0, 0.05) is 16.5 Å². The van der Waals surface area contributed by atoms with Crippen LogP contribution in [0.2, 0.25) is 10.0 Å². The summed E-state index contributed by atoms with van der Waals surface area (Å²) in [6.45, 7) is -0.0940. The zero-order valence-electron chi connectivity index (χ0n) is 13.9. The zero-order valence-corrected chi connectivity index (χ0v) is 16.2. The van der Waals surface area contributed by atoms with Crippen LogP contribution in [0.15, 0.2) is 48.5 Å². The average Bonchev–Trinajstić information content (AvgIpc) is 3.00. The van der Waals surface area contributed by atoms with E-state index >= 15 is 0 Å². The Morgan fingerprint density at radius 3 is 2.00 bits per heavy atom. The lowest BCUT2D eigenvalue weighted by atomic mass is 10.2. The van der Waals surface area contributed by atoms with Gasteiger partial charge in [-0.05, 0) is 48.5 Å². The van der Waals surface area contributed by atoms with Crippen molar-refractivity contribution in [3.63, 3.8) is 0 Å². The van der Waals surface area contributed by atoms with Gasteiger partial charge in [-0.3, -0.25) is 0 Å². The highest BCUT2D eigenvalue weighted by molar-refractivity contribution is 6.31. The Labute approximate surface area is 171 Å². The zero-order chi connectivity index (χ0) is 19.4. The molecule has 1 saturated heterocycles. The molecule has 2 aromatic carbocycles. The summed E-state index contributed by atoms with van der Waals surface area (Å²) < 4.78 is 16.2. The number of benzene rings is 2. The fourth-order valence-corrected chi connectivity index (χ4v) is 3.12. The molecule has 3 atom stereocenters. The highest BCUT2D eigenvalue weighted by Crippen LogP contribution is 2.27. The summed E-state index contributed by atoms with van der Waals surface area (Å²) >= 11 is 17.6. The molecular weight excluding hydrogens is 415 g/mol. The van der Waals surface area contributed by atoms with Crippen molar-refractivity contribution in [2.45, 2.75) is 24.2 Å². The Morgan fingerprint density at radius 1 is 0.926 bits per heavy atom. The van der Waals surface area contributed by atoms with Crippen molar-refractivity contribution in [2.75, 3.05) is 6.61 Å². The van der Waals surface area contributed by atoms with Crippen LogP contribution < -0.4 is 0 Å². The van der Waals surface area contributed by atoms with Gasteiger partial charge in [-0.1, -0.05) is 34.8 Å². The molecule has 8 heteroatoms. The first kappa shape index (κ1) is 20.0. The second-order valence-electron chi connectivity index (χ2n) is 5.88. The van der Waals surface area contributed by atoms with E-state index in [2.05, 4.69) is 0 Å². The maximum atomic E-state index is 12.3. The van der Waals surface area contributed by atoms with Gasteiger partial charge in [-0.25, -0.2) is 9.59 Å². The molecule has 0 saturated carbocycles. The minimum Gasteiger partial charge on any atom is -0.459 e. The molecule has 0 amide bonds. The maximum Gasteiger partial charge on any atom is 0.338 e. The minimum atomic E-state index is -0.653. The second-order valence-corrected chi connectivity index (χ2v) is 7.24.